The molecular formula is C16H19N3O3. The molecule has 2 aliphatic rings. The molecule has 0 radical (unpaired) electrons. The summed E-state index contributed by atoms with van der Waals surface area (Å²) in [6.07, 6.45) is 3.27. The van der Waals surface area contributed by atoms with Gasteiger partial charge in [0.05, 0.1) is 0 Å². The van der Waals surface area contributed by atoms with Crippen molar-refractivity contribution in [3.63, 3.8) is 0 Å². The maximum atomic E-state index is 11.9. The SMILES string of the molecule is Cc1ccc(NC(=O)C(=O)NC2CC2)cc1N1CCCC1=O. The first-order valence-electron chi connectivity index (χ1n) is 7.57. The lowest BCUT2D eigenvalue weighted by Crippen LogP contribution is -2.36. The molecule has 0 atom stereocenters. The largest absolute Gasteiger partial charge is 0.345 e. The fraction of sp³-hybridized carbons (Fsp3) is 0.438. The lowest BCUT2D eigenvalue weighted by molar-refractivity contribution is -0.136. The predicted octanol–water partition coefficient (Wildman–Crippen LogP) is 1.34. The highest BCUT2D eigenvalue weighted by molar-refractivity contribution is 6.39. The van der Waals surface area contributed by atoms with Gasteiger partial charge in [-0.3, -0.25) is 14.4 Å². The first kappa shape index (κ1) is 14.6. The highest BCUT2D eigenvalue weighted by Gasteiger charge is 2.27. The van der Waals surface area contributed by atoms with Crippen molar-refractivity contribution in [2.75, 3.05) is 16.8 Å². The Morgan fingerprint density at radius 2 is 2.00 bits per heavy atom. The number of benzene rings is 1. The van der Waals surface area contributed by atoms with E-state index in [0.29, 0.717) is 18.7 Å². The first-order chi connectivity index (χ1) is 10.5. The zero-order chi connectivity index (χ0) is 15.7. The van der Waals surface area contributed by atoms with Gasteiger partial charge in [0.25, 0.3) is 0 Å². The van der Waals surface area contributed by atoms with Crippen molar-refractivity contribution in [1.29, 1.82) is 0 Å². The van der Waals surface area contributed by atoms with Crippen LogP contribution in [0.3, 0.4) is 0 Å². The number of carbonyl (C=O) groups excluding carboxylic acids is 3. The fourth-order valence-corrected chi connectivity index (χ4v) is 2.55. The summed E-state index contributed by atoms with van der Waals surface area (Å²) in [6.45, 7) is 2.62. The van der Waals surface area contributed by atoms with Crippen LogP contribution in [0.4, 0.5) is 11.4 Å². The molecule has 0 aromatic heterocycles. The third-order valence-electron chi connectivity index (χ3n) is 3.95. The molecule has 3 amide bonds. The van der Waals surface area contributed by atoms with Crippen molar-refractivity contribution >= 4 is 29.1 Å². The Morgan fingerprint density at radius 1 is 1.23 bits per heavy atom. The average molecular weight is 301 g/mol. The molecule has 6 nitrogen and oxygen atoms in total. The third-order valence-corrected chi connectivity index (χ3v) is 3.95. The quantitative estimate of drug-likeness (QED) is 0.827. The van der Waals surface area contributed by atoms with Gasteiger partial charge in [0, 0.05) is 30.4 Å². The van der Waals surface area contributed by atoms with Crippen LogP contribution in [0.1, 0.15) is 31.2 Å². The van der Waals surface area contributed by atoms with Gasteiger partial charge in [-0.05, 0) is 43.9 Å². The lowest BCUT2D eigenvalue weighted by atomic mass is 10.1. The standard InChI is InChI=1S/C16H19N3O3/c1-10-4-5-12(9-13(10)19-8-2-3-14(19)20)18-16(22)15(21)17-11-6-7-11/h4-5,9,11H,2-3,6-8H2,1H3,(H,17,21)(H,18,22). The second-order valence-electron chi connectivity index (χ2n) is 5.85. The van der Waals surface area contributed by atoms with Crippen LogP contribution in [0.15, 0.2) is 18.2 Å². The molecule has 1 aliphatic heterocycles. The van der Waals surface area contributed by atoms with Gasteiger partial charge in [-0.2, -0.15) is 0 Å². The molecule has 1 aliphatic carbocycles. The average Bonchev–Trinajstić information content (AvgIpc) is 3.20. The van der Waals surface area contributed by atoms with Crippen LogP contribution in [0.25, 0.3) is 0 Å². The topological polar surface area (TPSA) is 78.5 Å². The summed E-state index contributed by atoms with van der Waals surface area (Å²) < 4.78 is 0. The summed E-state index contributed by atoms with van der Waals surface area (Å²) >= 11 is 0. The molecule has 1 saturated carbocycles. The van der Waals surface area contributed by atoms with E-state index in [-0.39, 0.29) is 11.9 Å². The van der Waals surface area contributed by atoms with Crippen molar-refractivity contribution in [2.24, 2.45) is 0 Å². The molecule has 1 heterocycles. The summed E-state index contributed by atoms with van der Waals surface area (Å²) in [7, 11) is 0. The molecule has 2 N–H and O–H groups in total. The van der Waals surface area contributed by atoms with E-state index in [4.69, 9.17) is 0 Å². The minimum absolute atomic E-state index is 0.0954. The van der Waals surface area contributed by atoms with Crippen LogP contribution in [0.5, 0.6) is 0 Å². The predicted molar refractivity (Wildman–Crippen MR) is 82.6 cm³/mol. The highest BCUT2D eigenvalue weighted by Crippen LogP contribution is 2.28. The number of anilines is 2. The van der Waals surface area contributed by atoms with E-state index < -0.39 is 11.8 Å². The van der Waals surface area contributed by atoms with Gasteiger partial charge in [0.1, 0.15) is 0 Å². The second-order valence-corrected chi connectivity index (χ2v) is 5.85. The molecule has 1 aromatic carbocycles. The Labute approximate surface area is 128 Å². The van der Waals surface area contributed by atoms with Crippen molar-refractivity contribution < 1.29 is 14.4 Å². The maximum Gasteiger partial charge on any atom is 0.313 e. The van der Waals surface area contributed by atoms with E-state index in [0.717, 1.165) is 30.5 Å². The number of hydrogen-bond acceptors (Lipinski definition) is 3. The zero-order valence-electron chi connectivity index (χ0n) is 12.5. The molecule has 2 fully saturated rings. The fourth-order valence-electron chi connectivity index (χ4n) is 2.55. The number of amides is 3. The van der Waals surface area contributed by atoms with Crippen molar-refractivity contribution in [3.8, 4) is 0 Å². The second kappa shape index (κ2) is 5.79. The van der Waals surface area contributed by atoms with Gasteiger partial charge in [-0.15, -0.1) is 0 Å². The molecule has 1 saturated heterocycles. The van der Waals surface area contributed by atoms with Crippen molar-refractivity contribution in [1.82, 2.24) is 5.32 Å². The lowest BCUT2D eigenvalue weighted by Gasteiger charge is -2.19. The molecule has 0 spiro atoms. The van der Waals surface area contributed by atoms with E-state index >= 15 is 0 Å². The Hall–Kier alpha value is -2.37. The summed E-state index contributed by atoms with van der Waals surface area (Å²) in [5.74, 6) is -1.19. The van der Waals surface area contributed by atoms with Gasteiger partial charge in [0.15, 0.2) is 0 Å². The van der Waals surface area contributed by atoms with E-state index in [2.05, 4.69) is 10.6 Å². The number of nitrogens with one attached hydrogen (secondary N) is 2. The summed E-state index contributed by atoms with van der Waals surface area (Å²) in [4.78, 5) is 37.1. The van der Waals surface area contributed by atoms with Crippen LogP contribution in [-0.2, 0) is 14.4 Å². The molecule has 0 unspecified atom stereocenters. The van der Waals surface area contributed by atoms with Crippen LogP contribution in [-0.4, -0.2) is 30.3 Å². The number of rotatable bonds is 3. The molecule has 3 rings (SSSR count). The maximum absolute atomic E-state index is 11.9. The number of carbonyl (C=O) groups is 3. The van der Waals surface area contributed by atoms with Crippen LogP contribution in [0.2, 0.25) is 0 Å². The minimum atomic E-state index is -0.672. The molecule has 22 heavy (non-hydrogen) atoms. The monoisotopic (exact) mass is 301 g/mol. The molecule has 1 aromatic rings. The van der Waals surface area contributed by atoms with E-state index in [9.17, 15) is 14.4 Å². The van der Waals surface area contributed by atoms with Crippen LogP contribution >= 0.6 is 0 Å². The van der Waals surface area contributed by atoms with Gasteiger partial charge >= 0.3 is 11.8 Å². The number of hydrogen-bond donors (Lipinski definition) is 2. The minimum Gasteiger partial charge on any atom is -0.345 e. The molecule has 0 bridgehead atoms. The Kier molecular flexibility index (Phi) is 3.83. The number of nitrogens with zero attached hydrogens (tertiary/aromatic N) is 1. The van der Waals surface area contributed by atoms with E-state index in [1.807, 2.05) is 13.0 Å². The van der Waals surface area contributed by atoms with E-state index in [1.54, 1.807) is 17.0 Å². The molecular weight excluding hydrogens is 282 g/mol. The Balaban J connectivity index is 1.72. The normalized spacial score (nSPS) is 17.5. The first-order valence-corrected chi connectivity index (χ1v) is 7.57. The van der Waals surface area contributed by atoms with Gasteiger partial charge in [-0.1, -0.05) is 6.07 Å². The summed E-state index contributed by atoms with van der Waals surface area (Å²) in [5, 5.41) is 5.24. The van der Waals surface area contributed by atoms with Gasteiger partial charge < -0.3 is 15.5 Å². The van der Waals surface area contributed by atoms with Gasteiger partial charge in [-0.25, -0.2) is 0 Å². The Bertz CT molecular complexity index is 638. The smallest absolute Gasteiger partial charge is 0.313 e. The van der Waals surface area contributed by atoms with Crippen LogP contribution in [0, 0.1) is 6.92 Å². The Morgan fingerprint density at radius 3 is 2.64 bits per heavy atom. The third kappa shape index (κ3) is 3.10. The van der Waals surface area contributed by atoms with Crippen LogP contribution < -0.4 is 15.5 Å². The molecule has 116 valence electrons. The van der Waals surface area contributed by atoms with Crippen molar-refractivity contribution in [3.05, 3.63) is 23.8 Å². The zero-order valence-corrected chi connectivity index (χ0v) is 12.5. The highest BCUT2D eigenvalue weighted by atomic mass is 16.2. The van der Waals surface area contributed by atoms with Gasteiger partial charge in [0.2, 0.25) is 5.91 Å². The number of aryl methyl sites for hydroxylation is 1. The summed E-state index contributed by atoms with van der Waals surface area (Å²) in [5.41, 5.74) is 2.29. The van der Waals surface area contributed by atoms with Crippen molar-refractivity contribution in [2.45, 2.75) is 38.6 Å². The summed E-state index contributed by atoms with van der Waals surface area (Å²) in [6, 6.07) is 5.48. The van der Waals surface area contributed by atoms with E-state index in [1.165, 1.54) is 0 Å². The molecule has 6 heteroatoms.